The van der Waals surface area contributed by atoms with Crippen LogP contribution in [0.25, 0.3) is 0 Å². The summed E-state index contributed by atoms with van der Waals surface area (Å²) in [7, 11) is 1.36. The van der Waals surface area contributed by atoms with Crippen molar-refractivity contribution in [3.63, 3.8) is 0 Å². The molecule has 1 aromatic carbocycles. The zero-order valence-electron chi connectivity index (χ0n) is 9.30. The van der Waals surface area contributed by atoms with E-state index in [1.807, 2.05) is 0 Å². The average molecular weight is 259 g/mol. The molecule has 1 aromatic rings. The van der Waals surface area contributed by atoms with E-state index >= 15 is 0 Å². The van der Waals surface area contributed by atoms with Crippen LogP contribution in [-0.2, 0) is 10.2 Å². The topological polar surface area (TPSA) is 46.5 Å². The van der Waals surface area contributed by atoms with Crippen LogP contribution in [0.5, 0.6) is 5.75 Å². The fourth-order valence-corrected chi connectivity index (χ4v) is 2.51. The minimum absolute atomic E-state index is 0.0752. The van der Waals surface area contributed by atoms with Gasteiger partial charge in [-0.1, -0.05) is 18.0 Å². The predicted molar refractivity (Wildman–Crippen MR) is 61.1 cm³/mol. The second-order valence-electron chi connectivity index (χ2n) is 4.18. The summed E-state index contributed by atoms with van der Waals surface area (Å²) in [6.45, 7) is 0. The van der Waals surface area contributed by atoms with Crippen molar-refractivity contribution in [2.45, 2.75) is 24.7 Å². The molecule has 0 saturated heterocycles. The lowest BCUT2D eigenvalue weighted by Crippen LogP contribution is -2.43. The van der Waals surface area contributed by atoms with E-state index in [9.17, 15) is 14.3 Å². The van der Waals surface area contributed by atoms with Crippen molar-refractivity contribution < 1.29 is 19.0 Å². The van der Waals surface area contributed by atoms with E-state index in [-0.39, 0.29) is 16.3 Å². The molecule has 0 aliphatic heterocycles. The highest BCUT2D eigenvalue weighted by atomic mass is 35.5. The summed E-state index contributed by atoms with van der Waals surface area (Å²) < 4.78 is 18.9. The number of hydrogen-bond acceptors (Lipinski definition) is 2. The van der Waals surface area contributed by atoms with E-state index in [4.69, 9.17) is 16.3 Å². The molecule has 0 amide bonds. The van der Waals surface area contributed by atoms with Gasteiger partial charge in [-0.05, 0) is 25.0 Å². The zero-order chi connectivity index (χ0) is 12.6. The van der Waals surface area contributed by atoms with Crippen LogP contribution in [0.1, 0.15) is 24.8 Å². The lowest BCUT2D eigenvalue weighted by atomic mass is 9.64. The van der Waals surface area contributed by atoms with E-state index in [1.165, 1.54) is 19.2 Å². The summed E-state index contributed by atoms with van der Waals surface area (Å²) in [5.74, 6) is -1.47. The van der Waals surface area contributed by atoms with Crippen molar-refractivity contribution in [1.82, 2.24) is 0 Å². The molecule has 0 spiro atoms. The molecule has 1 N–H and O–H groups in total. The maximum absolute atomic E-state index is 13.9. The number of aliphatic carboxylic acids is 1. The van der Waals surface area contributed by atoms with Crippen molar-refractivity contribution in [2.75, 3.05) is 7.11 Å². The molecule has 2 rings (SSSR count). The third-order valence-electron chi connectivity index (χ3n) is 3.36. The number of carbonyl (C=O) groups is 1. The number of carboxylic acid groups (broad SMARTS) is 1. The Kier molecular flexibility index (Phi) is 3.00. The van der Waals surface area contributed by atoms with Crippen molar-refractivity contribution in [1.29, 1.82) is 0 Å². The maximum Gasteiger partial charge on any atom is 0.314 e. The summed E-state index contributed by atoms with van der Waals surface area (Å²) in [5.41, 5.74) is -1.10. The van der Waals surface area contributed by atoms with Crippen molar-refractivity contribution in [3.05, 3.63) is 28.5 Å². The first-order chi connectivity index (χ1) is 8.03. The van der Waals surface area contributed by atoms with Crippen LogP contribution in [0.4, 0.5) is 4.39 Å². The number of ether oxygens (including phenoxy) is 1. The molecule has 0 radical (unpaired) electrons. The van der Waals surface area contributed by atoms with Crippen LogP contribution in [-0.4, -0.2) is 18.2 Å². The standard InChI is InChI=1S/C12H12ClFO3/c1-17-10-7(13)3-4-8(14)9(10)12(11(15)16)5-2-6-12/h3-4H,2,5-6H2,1H3,(H,15,16). The van der Waals surface area contributed by atoms with Crippen LogP contribution in [0.2, 0.25) is 5.02 Å². The normalized spacial score (nSPS) is 17.4. The Morgan fingerprint density at radius 3 is 2.59 bits per heavy atom. The smallest absolute Gasteiger partial charge is 0.314 e. The Hall–Kier alpha value is -1.29. The minimum atomic E-state index is -1.18. The van der Waals surface area contributed by atoms with E-state index in [2.05, 4.69) is 0 Å². The van der Waals surface area contributed by atoms with Gasteiger partial charge < -0.3 is 9.84 Å². The number of hydrogen-bond donors (Lipinski definition) is 1. The highest BCUT2D eigenvalue weighted by Gasteiger charge is 2.49. The molecule has 17 heavy (non-hydrogen) atoms. The quantitative estimate of drug-likeness (QED) is 0.907. The maximum atomic E-state index is 13.9. The van der Waals surface area contributed by atoms with Crippen LogP contribution in [0.3, 0.4) is 0 Å². The molecule has 0 atom stereocenters. The first kappa shape index (κ1) is 12.2. The van der Waals surface area contributed by atoms with Crippen LogP contribution in [0.15, 0.2) is 12.1 Å². The molecule has 1 fully saturated rings. The molecule has 1 saturated carbocycles. The Morgan fingerprint density at radius 1 is 1.53 bits per heavy atom. The van der Waals surface area contributed by atoms with Gasteiger partial charge >= 0.3 is 5.97 Å². The van der Waals surface area contributed by atoms with E-state index in [0.29, 0.717) is 12.8 Å². The van der Waals surface area contributed by atoms with E-state index in [1.54, 1.807) is 0 Å². The number of rotatable bonds is 3. The van der Waals surface area contributed by atoms with Crippen LogP contribution < -0.4 is 4.74 Å². The highest BCUT2D eigenvalue weighted by molar-refractivity contribution is 6.32. The van der Waals surface area contributed by atoms with Gasteiger partial charge in [-0.2, -0.15) is 0 Å². The van der Waals surface area contributed by atoms with Crippen LogP contribution in [0, 0.1) is 5.82 Å². The van der Waals surface area contributed by atoms with Gasteiger partial charge in [0.15, 0.2) is 0 Å². The molecule has 0 heterocycles. The fraction of sp³-hybridized carbons (Fsp3) is 0.417. The van der Waals surface area contributed by atoms with Crippen molar-refractivity contribution >= 4 is 17.6 Å². The summed E-state index contributed by atoms with van der Waals surface area (Å²) in [5, 5.41) is 9.54. The molecule has 92 valence electrons. The predicted octanol–water partition coefficient (Wildman–Crippen LogP) is 2.99. The van der Waals surface area contributed by atoms with Gasteiger partial charge in [-0.25, -0.2) is 4.39 Å². The molecule has 0 unspecified atom stereocenters. The lowest BCUT2D eigenvalue weighted by molar-refractivity contribution is -0.147. The molecule has 3 nitrogen and oxygen atoms in total. The number of halogens is 2. The molecule has 0 aromatic heterocycles. The second-order valence-corrected chi connectivity index (χ2v) is 4.59. The van der Waals surface area contributed by atoms with Gasteiger partial charge in [-0.3, -0.25) is 4.79 Å². The van der Waals surface area contributed by atoms with Gasteiger partial charge in [0, 0.05) is 5.56 Å². The van der Waals surface area contributed by atoms with Crippen molar-refractivity contribution in [3.8, 4) is 5.75 Å². The zero-order valence-corrected chi connectivity index (χ0v) is 10.1. The Bertz CT molecular complexity index is 469. The fourth-order valence-electron chi connectivity index (χ4n) is 2.28. The largest absolute Gasteiger partial charge is 0.495 e. The molecule has 5 heteroatoms. The number of benzene rings is 1. The Labute approximate surface area is 103 Å². The third-order valence-corrected chi connectivity index (χ3v) is 3.66. The van der Waals surface area contributed by atoms with Gasteiger partial charge in [0.25, 0.3) is 0 Å². The second kappa shape index (κ2) is 4.18. The Balaban J connectivity index is 2.65. The SMILES string of the molecule is COc1c(Cl)ccc(F)c1C1(C(=O)O)CCC1. The molecular weight excluding hydrogens is 247 g/mol. The summed E-state index contributed by atoms with van der Waals surface area (Å²) in [6.07, 6.45) is 1.59. The molecular formula is C12H12ClFO3. The minimum Gasteiger partial charge on any atom is -0.495 e. The first-order valence-corrected chi connectivity index (χ1v) is 5.66. The third kappa shape index (κ3) is 1.67. The molecule has 1 aliphatic rings. The van der Waals surface area contributed by atoms with Gasteiger partial charge in [0.05, 0.1) is 17.5 Å². The van der Waals surface area contributed by atoms with Gasteiger partial charge in [0.2, 0.25) is 0 Å². The lowest BCUT2D eigenvalue weighted by Gasteiger charge is -2.39. The van der Waals surface area contributed by atoms with E-state index in [0.717, 1.165) is 6.42 Å². The van der Waals surface area contributed by atoms with Crippen molar-refractivity contribution in [2.24, 2.45) is 0 Å². The summed E-state index contributed by atoms with van der Waals surface area (Å²) in [4.78, 5) is 11.4. The number of carboxylic acids is 1. The first-order valence-electron chi connectivity index (χ1n) is 5.29. The highest BCUT2D eigenvalue weighted by Crippen LogP contribution is 2.50. The van der Waals surface area contributed by atoms with Crippen LogP contribution >= 0.6 is 11.6 Å². The monoisotopic (exact) mass is 258 g/mol. The van der Waals surface area contributed by atoms with E-state index < -0.39 is 17.2 Å². The molecule has 0 bridgehead atoms. The summed E-state index contributed by atoms with van der Waals surface area (Å²) >= 11 is 5.91. The van der Waals surface area contributed by atoms with Gasteiger partial charge in [-0.15, -0.1) is 0 Å². The van der Waals surface area contributed by atoms with Gasteiger partial charge in [0.1, 0.15) is 11.6 Å². The molecule has 1 aliphatic carbocycles. The number of methoxy groups -OCH3 is 1. The Morgan fingerprint density at radius 2 is 2.18 bits per heavy atom. The summed E-state index contributed by atoms with van der Waals surface area (Å²) in [6, 6.07) is 2.55. The average Bonchev–Trinajstić information content (AvgIpc) is 2.21.